The number of anilines is 1. The van der Waals surface area contributed by atoms with Crippen LogP contribution in [0.15, 0.2) is 18.6 Å². The molecule has 1 fully saturated rings. The van der Waals surface area contributed by atoms with Crippen LogP contribution in [0.4, 0.5) is 5.82 Å². The molecule has 1 aliphatic heterocycles. The molecule has 1 atom stereocenters. The van der Waals surface area contributed by atoms with Crippen LogP contribution in [0.1, 0.15) is 6.92 Å². The summed E-state index contributed by atoms with van der Waals surface area (Å²) in [5.41, 5.74) is 4.38. The van der Waals surface area contributed by atoms with E-state index in [1.807, 2.05) is 4.90 Å². The number of morpholine rings is 1. The lowest BCUT2D eigenvalue weighted by Crippen LogP contribution is -2.57. The fourth-order valence-corrected chi connectivity index (χ4v) is 1.69. The van der Waals surface area contributed by atoms with E-state index in [1.54, 1.807) is 19.2 Å². The molecule has 2 heterocycles. The van der Waals surface area contributed by atoms with Crippen LogP contribution < -0.4 is 10.6 Å². The predicted molar refractivity (Wildman–Crippen MR) is 57.8 cm³/mol. The highest BCUT2D eigenvalue weighted by atomic mass is 16.5. The van der Waals surface area contributed by atoms with Gasteiger partial charge >= 0.3 is 0 Å². The summed E-state index contributed by atoms with van der Waals surface area (Å²) in [6.07, 6.45) is 3.14. The maximum Gasteiger partial charge on any atom is 0.251 e. The largest absolute Gasteiger partial charge is 0.367 e. The summed E-state index contributed by atoms with van der Waals surface area (Å²) >= 11 is 0. The Hall–Kier alpha value is -1.69. The molecule has 0 aromatic carbocycles. The Morgan fingerprint density at radius 2 is 2.50 bits per heavy atom. The van der Waals surface area contributed by atoms with E-state index >= 15 is 0 Å². The molecule has 0 unspecified atom stereocenters. The van der Waals surface area contributed by atoms with Gasteiger partial charge in [-0.3, -0.25) is 4.79 Å². The van der Waals surface area contributed by atoms with Crippen LogP contribution in [0.2, 0.25) is 0 Å². The molecule has 0 radical (unpaired) electrons. The van der Waals surface area contributed by atoms with Gasteiger partial charge in [-0.25, -0.2) is 9.97 Å². The number of hydrogen-bond acceptors (Lipinski definition) is 5. The molecule has 1 aromatic rings. The summed E-state index contributed by atoms with van der Waals surface area (Å²) in [5.74, 6) is 0.331. The number of ether oxygens (including phenoxy) is 1. The van der Waals surface area contributed by atoms with Crippen LogP contribution >= 0.6 is 0 Å². The summed E-state index contributed by atoms with van der Waals surface area (Å²) in [5, 5.41) is 0. The summed E-state index contributed by atoms with van der Waals surface area (Å²) in [6, 6.07) is 1.80. The number of carbonyl (C=O) groups excluding carboxylic acids is 1. The first-order valence-electron chi connectivity index (χ1n) is 5.07. The first-order valence-corrected chi connectivity index (χ1v) is 5.07. The standard InChI is InChI=1S/C10H14N4O2/c1-10(9(11)15)6-14(4-5-16-10)8-2-3-12-7-13-8/h2-3,7H,4-6H2,1H3,(H2,11,15)/t10-/m0/s1. The Bertz CT molecular complexity index is 384. The first-order chi connectivity index (χ1) is 7.62. The number of hydrogen-bond donors (Lipinski definition) is 1. The molecule has 86 valence electrons. The maximum atomic E-state index is 11.3. The van der Waals surface area contributed by atoms with Gasteiger partial charge in [0.25, 0.3) is 5.91 Å². The lowest BCUT2D eigenvalue weighted by Gasteiger charge is -2.38. The number of amides is 1. The van der Waals surface area contributed by atoms with Crippen LogP contribution in [0.3, 0.4) is 0 Å². The second-order valence-corrected chi connectivity index (χ2v) is 3.93. The number of nitrogens with two attached hydrogens (primary N) is 1. The van der Waals surface area contributed by atoms with Gasteiger partial charge in [0.05, 0.1) is 13.2 Å². The maximum absolute atomic E-state index is 11.3. The number of aromatic nitrogens is 2. The molecular weight excluding hydrogens is 208 g/mol. The van der Waals surface area contributed by atoms with Crippen molar-refractivity contribution in [2.45, 2.75) is 12.5 Å². The molecule has 2 rings (SSSR count). The lowest BCUT2D eigenvalue weighted by molar-refractivity contribution is -0.142. The summed E-state index contributed by atoms with van der Waals surface area (Å²) in [6.45, 7) is 3.27. The third-order valence-electron chi connectivity index (χ3n) is 2.69. The Labute approximate surface area is 93.4 Å². The minimum atomic E-state index is -0.941. The SMILES string of the molecule is C[C@@]1(C(N)=O)CN(c2ccncn2)CCO1. The molecule has 0 aliphatic carbocycles. The van der Waals surface area contributed by atoms with Crippen molar-refractivity contribution in [2.24, 2.45) is 5.73 Å². The van der Waals surface area contributed by atoms with Gasteiger partial charge in [0, 0.05) is 12.7 Å². The van der Waals surface area contributed by atoms with Crippen molar-refractivity contribution in [3.05, 3.63) is 18.6 Å². The molecule has 6 nitrogen and oxygen atoms in total. The van der Waals surface area contributed by atoms with Crippen LogP contribution in [0, 0.1) is 0 Å². The van der Waals surface area contributed by atoms with Gasteiger partial charge in [-0.1, -0.05) is 0 Å². The van der Waals surface area contributed by atoms with Crippen LogP contribution in [-0.4, -0.2) is 41.2 Å². The molecule has 1 saturated heterocycles. The topological polar surface area (TPSA) is 81.3 Å². The molecule has 2 N–H and O–H groups in total. The highest BCUT2D eigenvalue weighted by Crippen LogP contribution is 2.20. The van der Waals surface area contributed by atoms with Gasteiger partial charge in [0.2, 0.25) is 0 Å². The molecule has 0 bridgehead atoms. The lowest BCUT2D eigenvalue weighted by atomic mass is 10.0. The third-order valence-corrected chi connectivity index (χ3v) is 2.69. The van der Waals surface area contributed by atoms with E-state index in [0.29, 0.717) is 19.7 Å². The van der Waals surface area contributed by atoms with E-state index in [2.05, 4.69) is 9.97 Å². The zero-order chi connectivity index (χ0) is 11.6. The zero-order valence-electron chi connectivity index (χ0n) is 9.09. The summed E-state index contributed by atoms with van der Waals surface area (Å²) < 4.78 is 5.42. The highest BCUT2D eigenvalue weighted by molar-refractivity contribution is 5.84. The van der Waals surface area contributed by atoms with E-state index < -0.39 is 11.5 Å². The average molecular weight is 222 g/mol. The van der Waals surface area contributed by atoms with Crippen LogP contribution in [0.5, 0.6) is 0 Å². The van der Waals surface area contributed by atoms with E-state index in [4.69, 9.17) is 10.5 Å². The van der Waals surface area contributed by atoms with Crippen molar-refractivity contribution in [3.8, 4) is 0 Å². The molecular formula is C10H14N4O2. The first kappa shape index (κ1) is 10.8. The summed E-state index contributed by atoms with van der Waals surface area (Å²) in [7, 11) is 0. The molecule has 0 spiro atoms. The van der Waals surface area contributed by atoms with Crippen molar-refractivity contribution < 1.29 is 9.53 Å². The second kappa shape index (κ2) is 4.05. The van der Waals surface area contributed by atoms with Crippen molar-refractivity contribution in [1.82, 2.24) is 9.97 Å². The fraction of sp³-hybridized carbons (Fsp3) is 0.500. The van der Waals surface area contributed by atoms with Crippen molar-refractivity contribution in [1.29, 1.82) is 0 Å². The van der Waals surface area contributed by atoms with Crippen molar-refractivity contribution >= 4 is 11.7 Å². The number of primary amides is 1. The van der Waals surface area contributed by atoms with E-state index in [9.17, 15) is 4.79 Å². The van der Waals surface area contributed by atoms with Gasteiger partial charge < -0.3 is 15.4 Å². The Kier molecular flexibility index (Phi) is 2.74. The van der Waals surface area contributed by atoms with E-state index in [1.165, 1.54) is 6.33 Å². The number of nitrogens with zero attached hydrogens (tertiary/aromatic N) is 3. The second-order valence-electron chi connectivity index (χ2n) is 3.93. The Morgan fingerprint density at radius 3 is 3.12 bits per heavy atom. The minimum absolute atomic E-state index is 0.416. The van der Waals surface area contributed by atoms with Crippen molar-refractivity contribution in [3.63, 3.8) is 0 Å². The molecule has 1 aromatic heterocycles. The van der Waals surface area contributed by atoms with E-state index in [0.717, 1.165) is 5.82 Å². The van der Waals surface area contributed by atoms with Gasteiger partial charge in [-0.15, -0.1) is 0 Å². The average Bonchev–Trinajstić information content (AvgIpc) is 2.30. The Morgan fingerprint density at radius 1 is 1.69 bits per heavy atom. The van der Waals surface area contributed by atoms with E-state index in [-0.39, 0.29) is 0 Å². The van der Waals surface area contributed by atoms with Gasteiger partial charge in [0.1, 0.15) is 12.1 Å². The highest BCUT2D eigenvalue weighted by Gasteiger charge is 2.37. The van der Waals surface area contributed by atoms with Crippen LogP contribution in [0.25, 0.3) is 0 Å². The van der Waals surface area contributed by atoms with Gasteiger partial charge in [0.15, 0.2) is 5.60 Å². The molecule has 6 heteroatoms. The molecule has 1 amide bonds. The summed E-state index contributed by atoms with van der Waals surface area (Å²) in [4.78, 5) is 21.2. The minimum Gasteiger partial charge on any atom is -0.367 e. The molecule has 16 heavy (non-hydrogen) atoms. The van der Waals surface area contributed by atoms with Gasteiger partial charge in [-0.05, 0) is 13.0 Å². The monoisotopic (exact) mass is 222 g/mol. The smallest absolute Gasteiger partial charge is 0.251 e. The molecule has 0 saturated carbocycles. The fourth-order valence-electron chi connectivity index (χ4n) is 1.69. The predicted octanol–water partition coefficient (Wildman–Crippen LogP) is -0.443. The Balaban J connectivity index is 2.17. The van der Waals surface area contributed by atoms with Crippen LogP contribution in [-0.2, 0) is 9.53 Å². The third kappa shape index (κ3) is 1.96. The molecule has 1 aliphatic rings. The normalized spacial score (nSPS) is 25.4. The zero-order valence-corrected chi connectivity index (χ0v) is 9.09. The number of rotatable bonds is 2. The quantitative estimate of drug-likeness (QED) is 0.733. The van der Waals surface area contributed by atoms with Gasteiger partial charge in [-0.2, -0.15) is 0 Å². The van der Waals surface area contributed by atoms with Crippen molar-refractivity contribution in [2.75, 3.05) is 24.6 Å². The number of carbonyl (C=O) groups is 1.